The second kappa shape index (κ2) is 7.00. The van der Waals surface area contributed by atoms with Gasteiger partial charge in [0.1, 0.15) is 0 Å². The summed E-state index contributed by atoms with van der Waals surface area (Å²) in [4.78, 5) is 27.7. The molecule has 0 aromatic carbocycles. The van der Waals surface area contributed by atoms with E-state index in [0.29, 0.717) is 17.7 Å². The Hall–Kier alpha value is -2.15. The normalized spacial score (nSPS) is 17.2. The average molecular weight is 360 g/mol. The van der Waals surface area contributed by atoms with Gasteiger partial charge in [0.25, 0.3) is 5.91 Å². The van der Waals surface area contributed by atoms with Crippen molar-refractivity contribution in [2.75, 3.05) is 6.54 Å². The lowest BCUT2D eigenvalue weighted by Crippen LogP contribution is -2.30. The van der Waals surface area contributed by atoms with Crippen LogP contribution in [0.2, 0.25) is 0 Å². The third-order valence-electron chi connectivity index (χ3n) is 5.02. The van der Waals surface area contributed by atoms with Gasteiger partial charge in [0.2, 0.25) is 5.91 Å². The van der Waals surface area contributed by atoms with E-state index in [1.165, 1.54) is 16.9 Å². The third-order valence-corrected chi connectivity index (χ3v) is 6.22. The summed E-state index contributed by atoms with van der Waals surface area (Å²) in [5.74, 6) is -0.242. The van der Waals surface area contributed by atoms with E-state index >= 15 is 0 Å². The van der Waals surface area contributed by atoms with Crippen LogP contribution in [-0.2, 0) is 18.3 Å². The second-order valence-electron chi connectivity index (χ2n) is 6.58. The fourth-order valence-corrected chi connectivity index (χ4v) is 4.59. The van der Waals surface area contributed by atoms with Crippen LogP contribution < -0.4 is 5.73 Å². The van der Waals surface area contributed by atoms with E-state index in [0.717, 1.165) is 35.7 Å². The number of aryl methyl sites for hydroxylation is 2. The molecule has 0 bridgehead atoms. The lowest BCUT2D eigenvalue weighted by Gasteiger charge is -2.24. The molecule has 0 saturated carbocycles. The Bertz CT molecular complexity index is 808. The van der Waals surface area contributed by atoms with Crippen molar-refractivity contribution >= 4 is 23.2 Å². The van der Waals surface area contributed by atoms with Gasteiger partial charge in [0.15, 0.2) is 0 Å². The first kappa shape index (κ1) is 17.7. The fraction of sp³-hybridized carbons (Fsp3) is 0.500. The maximum absolute atomic E-state index is 12.8. The Balaban J connectivity index is 1.69. The molecule has 6 nitrogen and oxygen atoms in total. The Morgan fingerprint density at radius 3 is 2.72 bits per heavy atom. The highest BCUT2D eigenvalue weighted by atomic mass is 32.1. The molecule has 25 heavy (non-hydrogen) atoms. The van der Waals surface area contributed by atoms with Crippen molar-refractivity contribution in [1.82, 2.24) is 14.7 Å². The van der Waals surface area contributed by atoms with Crippen LogP contribution in [-0.4, -0.2) is 33.0 Å². The van der Waals surface area contributed by atoms with Gasteiger partial charge in [-0.2, -0.15) is 5.10 Å². The fourth-order valence-electron chi connectivity index (χ4n) is 3.58. The number of primary amides is 1. The quantitative estimate of drug-likeness (QED) is 0.889. The number of thiophene rings is 1. The number of carbonyl (C=O) groups excluding carboxylic acids is 2. The number of nitrogens with zero attached hydrogens (tertiary/aromatic N) is 3. The first-order valence-corrected chi connectivity index (χ1v) is 9.38. The van der Waals surface area contributed by atoms with Crippen LogP contribution in [0.4, 0.5) is 0 Å². The summed E-state index contributed by atoms with van der Waals surface area (Å²) in [6, 6.07) is 3.75. The lowest BCUT2D eigenvalue weighted by atomic mass is 10.1. The van der Waals surface area contributed by atoms with Gasteiger partial charge >= 0.3 is 0 Å². The molecular weight excluding hydrogens is 336 g/mol. The van der Waals surface area contributed by atoms with Crippen LogP contribution in [0.25, 0.3) is 0 Å². The Morgan fingerprint density at radius 1 is 1.36 bits per heavy atom. The zero-order chi connectivity index (χ0) is 18.1. The molecule has 1 saturated heterocycles. The number of rotatable bonds is 5. The van der Waals surface area contributed by atoms with Crippen molar-refractivity contribution in [2.45, 2.75) is 45.6 Å². The number of hydrogen-bond donors (Lipinski definition) is 1. The summed E-state index contributed by atoms with van der Waals surface area (Å²) in [5.41, 5.74) is 8.62. The summed E-state index contributed by atoms with van der Waals surface area (Å²) in [7, 11) is 1.93. The highest BCUT2D eigenvalue weighted by Gasteiger charge is 2.31. The second-order valence-corrected chi connectivity index (χ2v) is 7.70. The number of likely N-dealkylation sites (tertiary alicyclic amines) is 1. The molecule has 2 aromatic rings. The predicted octanol–water partition coefficient (Wildman–Crippen LogP) is 2.49. The number of carbonyl (C=O) groups is 2. The Morgan fingerprint density at radius 2 is 2.12 bits per heavy atom. The van der Waals surface area contributed by atoms with Gasteiger partial charge in [-0.15, -0.1) is 11.3 Å². The summed E-state index contributed by atoms with van der Waals surface area (Å²) in [6.45, 7) is 4.80. The molecule has 0 spiro atoms. The molecule has 2 N–H and O–H groups in total. The van der Waals surface area contributed by atoms with E-state index in [4.69, 9.17) is 5.73 Å². The van der Waals surface area contributed by atoms with Crippen LogP contribution >= 0.6 is 11.3 Å². The summed E-state index contributed by atoms with van der Waals surface area (Å²) in [5, 5.41) is 4.42. The topological polar surface area (TPSA) is 81.2 Å². The van der Waals surface area contributed by atoms with Gasteiger partial charge in [0.05, 0.1) is 16.6 Å². The van der Waals surface area contributed by atoms with Crippen LogP contribution in [0.15, 0.2) is 12.1 Å². The molecule has 3 heterocycles. The average Bonchev–Trinajstić information content (AvgIpc) is 3.26. The molecular formula is C18H24N4O2S. The highest BCUT2D eigenvalue weighted by molar-refractivity contribution is 7.14. The van der Waals surface area contributed by atoms with Gasteiger partial charge in [-0.05, 0) is 50.8 Å². The van der Waals surface area contributed by atoms with Crippen LogP contribution in [0.5, 0.6) is 0 Å². The van der Waals surface area contributed by atoms with Crippen molar-refractivity contribution in [2.24, 2.45) is 12.8 Å². The minimum atomic E-state index is -0.408. The van der Waals surface area contributed by atoms with Crippen molar-refractivity contribution in [3.05, 3.63) is 38.8 Å². The molecule has 134 valence electrons. The van der Waals surface area contributed by atoms with Crippen LogP contribution in [0, 0.1) is 13.8 Å². The van der Waals surface area contributed by atoms with Gasteiger partial charge in [0, 0.05) is 30.6 Å². The van der Waals surface area contributed by atoms with Crippen LogP contribution in [0.1, 0.15) is 56.8 Å². The van der Waals surface area contributed by atoms with Crippen molar-refractivity contribution < 1.29 is 9.59 Å². The zero-order valence-electron chi connectivity index (χ0n) is 14.9. The standard InChI is InChI=1S/C18H24N4O2S/c1-11-13(12(2)21(3)20-11)6-9-17(23)22-10-4-5-14(22)15-7-8-16(25-15)18(19)24/h7-8,14H,4-6,9-10H2,1-3H3,(H2,19,24)/t14-/m1/s1. The van der Waals surface area contributed by atoms with E-state index in [2.05, 4.69) is 5.10 Å². The molecule has 0 unspecified atom stereocenters. The van der Waals surface area contributed by atoms with Crippen molar-refractivity contribution in [3.63, 3.8) is 0 Å². The van der Waals surface area contributed by atoms with E-state index in [9.17, 15) is 9.59 Å². The monoisotopic (exact) mass is 360 g/mol. The first-order valence-electron chi connectivity index (χ1n) is 8.56. The predicted molar refractivity (Wildman–Crippen MR) is 97.5 cm³/mol. The van der Waals surface area contributed by atoms with Gasteiger partial charge in [-0.1, -0.05) is 0 Å². The minimum Gasteiger partial charge on any atom is -0.365 e. The largest absolute Gasteiger partial charge is 0.365 e. The van der Waals surface area contributed by atoms with Gasteiger partial charge in [-0.3, -0.25) is 14.3 Å². The molecule has 1 fully saturated rings. The Labute approximate surface area is 151 Å². The molecule has 1 aliphatic rings. The number of aromatic nitrogens is 2. The summed E-state index contributed by atoms with van der Waals surface area (Å²) < 4.78 is 1.87. The van der Waals surface area contributed by atoms with Crippen LogP contribution in [0.3, 0.4) is 0 Å². The Kier molecular flexibility index (Phi) is 4.94. The maximum Gasteiger partial charge on any atom is 0.258 e. The van der Waals surface area contributed by atoms with E-state index in [1.54, 1.807) is 6.07 Å². The molecule has 3 rings (SSSR count). The summed E-state index contributed by atoms with van der Waals surface area (Å²) >= 11 is 1.40. The molecule has 2 amide bonds. The molecule has 7 heteroatoms. The summed E-state index contributed by atoms with van der Waals surface area (Å²) in [6.07, 6.45) is 3.13. The van der Waals surface area contributed by atoms with Gasteiger partial charge in [-0.25, -0.2) is 0 Å². The van der Waals surface area contributed by atoms with E-state index in [1.807, 2.05) is 36.5 Å². The maximum atomic E-state index is 12.8. The smallest absolute Gasteiger partial charge is 0.258 e. The van der Waals surface area contributed by atoms with E-state index < -0.39 is 5.91 Å². The zero-order valence-corrected chi connectivity index (χ0v) is 15.7. The van der Waals surface area contributed by atoms with E-state index in [-0.39, 0.29) is 11.9 Å². The number of nitrogens with two attached hydrogens (primary N) is 1. The molecule has 0 radical (unpaired) electrons. The molecule has 1 aliphatic heterocycles. The number of hydrogen-bond acceptors (Lipinski definition) is 4. The lowest BCUT2D eigenvalue weighted by molar-refractivity contribution is -0.132. The SMILES string of the molecule is Cc1nn(C)c(C)c1CCC(=O)N1CCC[C@@H]1c1ccc(C(N)=O)s1. The third kappa shape index (κ3) is 3.46. The minimum absolute atomic E-state index is 0.0710. The first-order chi connectivity index (χ1) is 11.9. The highest BCUT2D eigenvalue weighted by Crippen LogP contribution is 2.36. The molecule has 0 aliphatic carbocycles. The van der Waals surface area contributed by atoms with Crippen molar-refractivity contribution in [3.8, 4) is 0 Å². The molecule has 2 aromatic heterocycles. The van der Waals surface area contributed by atoms with Gasteiger partial charge < -0.3 is 10.6 Å². The number of amides is 2. The van der Waals surface area contributed by atoms with Crippen molar-refractivity contribution in [1.29, 1.82) is 0 Å². The molecule has 1 atom stereocenters.